The molecule has 1 aliphatic rings. The third-order valence-corrected chi connectivity index (χ3v) is 5.57. The number of aryl methyl sites for hydroxylation is 1. The highest BCUT2D eigenvalue weighted by Crippen LogP contribution is 2.32. The predicted molar refractivity (Wildman–Crippen MR) is 117 cm³/mol. The molecular weight excluding hydrogens is 358 g/mol. The van der Waals surface area contributed by atoms with Crippen molar-refractivity contribution in [3.63, 3.8) is 0 Å². The first-order valence-electron chi connectivity index (χ1n) is 9.95. The van der Waals surface area contributed by atoms with E-state index < -0.39 is 11.5 Å². The van der Waals surface area contributed by atoms with Crippen molar-refractivity contribution in [1.82, 2.24) is 5.32 Å². The molecule has 0 spiro atoms. The van der Waals surface area contributed by atoms with E-state index in [-0.39, 0.29) is 11.7 Å². The van der Waals surface area contributed by atoms with Crippen molar-refractivity contribution in [2.24, 2.45) is 0 Å². The van der Waals surface area contributed by atoms with Gasteiger partial charge >= 0.3 is 0 Å². The number of piperidine rings is 1. The van der Waals surface area contributed by atoms with Gasteiger partial charge in [-0.1, -0.05) is 72.8 Å². The van der Waals surface area contributed by atoms with E-state index in [1.165, 1.54) is 11.1 Å². The Bertz CT molecular complexity index is 1050. The van der Waals surface area contributed by atoms with Gasteiger partial charge in [0.1, 0.15) is 5.92 Å². The van der Waals surface area contributed by atoms with Crippen LogP contribution >= 0.6 is 0 Å². The lowest BCUT2D eigenvalue weighted by molar-refractivity contribution is -0.136. The van der Waals surface area contributed by atoms with E-state index in [0.29, 0.717) is 6.42 Å². The highest BCUT2D eigenvalue weighted by atomic mass is 16.2. The van der Waals surface area contributed by atoms with Crippen LogP contribution in [0.2, 0.25) is 0 Å². The molecule has 3 aromatic rings. The Labute approximate surface area is 171 Å². The zero-order valence-electron chi connectivity index (χ0n) is 17.0. The summed E-state index contributed by atoms with van der Waals surface area (Å²) < 4.78 is 0. The molecule has 29 heavy (non-hydrogen) atoms. The minimum atomic E-state index is -0.711. The first kappa shape index (κ1) is 19.1. The molecule has 146 valence electrons. The number of rotatable bonds is 3. The van der Waals surface area contributed by atoms with Crippen LogP contribution in [-0.2, 0) is 9.59 Å². The molecule has 0 radical (unpaired) electrons. The SMILES string of the molecule is Cc1cc(-c2ccc(-c3ccccc3)cc2)ccc1C1C(=O)CC(C)(C)NC1=O. The summed E-state index contributed by atoms with van der Waals surface area (Å²) in [4.78, 5) is 25.2. The van der Waals surface area contributed by atoms with Gasteiger partial charge in [0.05, 0.1) is 0 Å². The number of nitrogens with one attached hydrogen (secondary N) is 1. The van der Waals surface area contributed by atoms with Crippen LogP contribution in [0.4, 0.5) is 0 Å². The van der Waals surface area contributed by atoms with Gasteiger partial charge in [-0.05, 0) is 54.2 Å². The van der Waals surface area contributed by atoms with Crippen LogP contribution in [0.15, 0.2) is 72.8 Å². The summed E-state index contributed by atoms with van der Waals surface area (Å²) in [5.41, 5.74) is 5.84. The number of carbonyl (C=O) groups is 2. The first-order chi connectivity index (χ1) is 13.8. The van der Waals surface area contributed by atoms with Gasteiger partial charge in [0.15, 0.2) is 5.78 Å². The van der Waals surface area contributed by atoms with Crippen molar-refractivity contribution in [2.75, 3.05) is 0 Å². The predicted octanol–water partition coefficient (Wildman–Crippen LogP) is 5.28. The minimum Gasteiger partial charge on any atom is -0.350 e. The van der Waals surface area contributed by atoms with Crippen molar-refractivity contribution in [1.29, 1.82) is 0 Å². The first-order valence-corrected chi connectivity index (χ1v) is 9.95. The Hall–Kier alpha value is -3.20. The van der Waals surface area contributed by atoms with E-state index in [1.807, 2.05) is 51.1 Å². The molecule has 4 rings (SSSR count). The summed E-state index contributed by atoms with van der Waals surface area (Å²) in [6.45, 7) is 5.74. The fourth-order valence-electron chi connectivity index (χ4n) is 4.11. The summed E-state index contributed by atoms with van der Waals surface area (Å²) in [7, 11) is 0. The van der Waals surface area contributed by atoms with Gasteiger partial charge in [0, 0.05) is 12.0 Å². The van der Waals surface area contributed by atoms with Crippen LogP contribution in [0.5, 0.6) is 0 Å². The maximum Gasteiger partial charge on any atom is 0.235 e. The second-order valence-electron chi connectivity index (χ2n) is 8.46. The van der Waals surface area contributed by atoms with Gasteiger partial charge in [-0.2, -0.15) is 0 Å². The molecule has 0 bridgehead atoms. The Morgan fingerprint density at radius 1 is 0.793 bits per heavy atom. The average Bonchev–Trinajstić information content (AvgIpc) is 2.68. The van der Waals surface area contributed by atoms with Crippen LogP contribution in [0.3, 0.4) is 0 Å². The Balaban J connectivity index is 1.61. The lowest BCUT2D eigenvalue weighted by atomic mass is 9.80. The third-order valence-electron chi connectivity index (χ3n) is 5.57. The summed E-state index contributed by atoms with van der Waals surface area (Å²) in [5.74, 6) is -0.923. The molecule has 0 saturated carbocycles. The van der Waals surface area contributed by atoms with Crippen molar-refractivity contribution in [3.05, 3.63) is 83.9 Å². The van der Waals surface area contributed by atoms with Crippen LogP contribution < -0.4 is 5.32 Å². The fourth-order valence-corrected chi connectivity index (χ4v) is 4.11. The third kappa shape index (κ3) is 3.86. The monoisotopic (exact) mass is 383 g/mol. The standard InChI is InChI=1S/C26H25NO2/c1-17-15-21(20-11-9-19(10-12-20)18-7-5-4-6-8-18)13-14-22(17)24-23(28)16-26(2,3)27-25(24)29/h4-15,24H,16H2,1-3H3,(H,27,29). The van der Waals surface area contributed by atoms with Crippen molar-refractivity contribution < 1.29 is 9.59 Å². The van der Waals surface area contributed by atoms with Gasteiger partial charge in [-0.25, -0.2) is 0 Å². The molecule has 0 aromatic heterocycles. The molecule has 1 atom stereocenters. The lowest BCUT2D eigenvalue weighted by Crippen LogP contribution is -2.53. The topological polar surface area (TPSA) is 46.2 Å². The molecular formula is C26H25NO2. The molecule has 1 heterocycles. The molecule has 1 unspecified atom stereocenters. The number of Topliss-reactive ketones (excluding diaryl/α,β-unsaturated/α-hetero) is 1. The second-order valence-corrected chi connectivity index (χ2v) is 8.46. The van der Waals surface area contributed by atoms with E-state index >= 15 is 0 Å². The largest absolute Gasteiger partial charge is 0.350 e. The maximum absolute atomic E-state index is 12.6. The molecule has 1 amide bonds. The summed E-state index contributed by atoms with van der Waals surface area (Å²) in [6, 6.07) is 24.7. The van der Waals surface area contributed by atoms with Gasteiger partial charge in [0.25, 0.3) is 0 Å². The van der Waals surface area contributed by atoms with Gasteiger partial charge in [0.2, 0.25) is 5.91 Å². The highest BCUT2D eigenvalue weighted by molar-refractivity contribution is 6.09. The normalized spacial score (nSPS) is 18.4. The molecule has 0 aliphatic carbocycles. The van der Waals surface area contributed by atoms with Crippen molar-refractivity contribution in [2.45, 2.75) is 38.6 Å². The number of hydrogen-bond acceptors (Lipinski definition) is 2. The van der Waals surface area contributed by atoms with E-state index in [9.17, 15) is 9.59 Å². The zero-order valence-corrected chi connectivity index (χ0v) is 17.0. The highest BCUT2D eigenvalue weighted by Gasteiger charge is 2.40. The summed E-state index contributed by atoms with van der Waals surface area (Å²) in [6.07, 6.45) is 0.353. The zero-order chi connectivity index (χ0) is 20.6. The molecule has 1 saturated heterocycles. The van der Waals surface area contributed by atoms with Crippen LogP contribution in [0.1, 0.15) is 37.3 Å². The van der Waals surface area contributed by atoms with Crippen LogP contribution in [0, 0.1) is 6.92 Å². The number of amides is 1. The average molecular weight is 383 g/mol. The van der Waals surface area contributed by atoms with E-state index in [4.69, 9.17) is 0 Å². The smallest absolute Gasteiger partial charge is 0.235 e. The van der Waals surface area contributed by atoms with E-state index in [0.717, 1.165) is 22.3 Å². The molecule has 3 heteroatoms. The molecule has 1 fully saturated rings. The summed E-state index contributed by atoms with van der Waals surface area (Å²) in [5, 5.41) is 2.97. The molecule has 3 aromatic carbocycles. The second kappa shape index (κ2) is 7.32. The fraction of sp³-hybridized carbons (Fsp3) is 0.231. The van der Waals surface area contributed by atoms with Crippen LogP contribution in [-0.4, -0.2) is 17.2 Å². The maximum atomic E-state index is 12.6. The van der Waals surface area contributed by atoms with Gasteiger partial charge in [-0.15, -0.1) is 0 Å². The molecule has 1 aliphatic heterocycles. The van der Waals surface area contributed by atoms with E-state index in [2.05, 4.69) is 47.8 Å². The quantitative estimate of drug-likeness (QED) is 0.626. The number of benzene rings is 3. The minimum absolute atomic E-state index is 0.0122. The molecule has 3 nitrogen and oxygen atoms in total. The molecule has 1 N–H and O–H groups in total. The van der Waals surface area contributed by atoms with Gasteiger partial charge < -0.3 is 5.32 Å². The number of carbonyl (C=O) groups excluding carboxylic acids is 2. The van der Waals surface area contributed by atoms with Crippen molar-refractivity contribution >= 4 is 11.7 Å². The summed E-state index contributed by atoms with van der Waals surface area (Å²) >= 11 is 0. The number of hydrogen-bond donors (Lipinski definition) is 1. The van der Waals surface area contributed by atoms with Crippen LogP contribution in [0.25, 0.3) is 22.3 Å². The Morgan fingerprint density at radius 2 is 1.34 bits per heavy atom. The van der Waals surface area contributed by atoms with E-state index in [1.54, 1.807) is 0 Å². The lowest BCUT2D eigenvalue weighted by Gasteiger charge is -2.34. The Kier molecular flexibility index (Phi) is 4.83. The van der Waals surface area contributed by atoms with Gasteiger partial charge in [-0.3, -0.25) is 9.59 Å². The number of ketones is 1. The van der Waals surface area contributed by atoms with Crippen molar-refractivity contribution in [3.8, 4) is 22.3 Å². The Morgan fingerprint density at radius 3 is 1.93 bits per heavy atom.